The number of fused-ring (bicyclic) bond motifs is 3. The third kappa shape index (κ3) is 4.61. The molecule has 0 aliphatic carbocycles. The van der Waals surface area contributed by atoms with Gasteiger partial charge >= 0.3 is 12.0 Å². The van der Waals surface area contributed by atoms with Gasteiger partial charge in [0.15, 0.2) is 0 Å². The number of methoxy groups -OCH3 is 2. The molecule has 0 fully saturated rings. The Morgan fingerprint density at radius 2 is 1.71 bits per heavy atom. The minimum Gasteiger partial charge on any atom is -0.497 e. The summed E-state index contributed by atoms with van der Waals surface area (Å²) < 4.78 is 14.5. The molecule has 0 saturated heterocycles. The molecule has 1 aliphatic heterocycles. The fourth-order valence-electron chi connectivity index (χ4n) is 5.38. The SMILES string of the molecule is COC(=O)c1ccccc1NC(=O)N1Cc2c(C)nn(-c3ccccc3)c2-n2cccc2[C@H]1c1cccc(OC)c1. The highest BCUT2D eigenvalue weighted by Crippen LogP contribution is 2.39. The number of hydrogen-bond donors (Lipinski definition) is 1. The number of hydrogen-bond acceptors (Lipinski definition) is 5. The second kappa shape index (κ2) is 10.7. The molecule has 1 aliphatic rings. The first-order valence-corrected chi connectivity index (χ1v) is 13.2. The summed E-state index contributed by atoms with van der Waals surface area (Å²) in [6.45, 7) is 2.22. The van der Waals surface area contributed by atoms with Gasteiger partial charge in [-0.3, -0.25) is 0 Å². The summed E-state index contributed by atoms with van der Waals surface area (Å²) in [6, 6.07) is 27.6. The summed E-state index contributed by atoms with van der Waals surface area (Å²) in [5.41, 5.74) is 5.03. The van der Waals surface area contributed by atoms with Gasteiger partial charge in [-0.15, -0.1) is 0 Å². The number of ether oxygens (including phenoxy) is 2. The molecule has 41 heavy (non-hydrogen) atoms. The topological polar surface area (TPSA) is 90.6 Å². The average Bonchev–Trinajstić information content (AvgIpc) is 3.57. The van der Waals surface area contributed by atoms with Crippen LogP contribution < -0.4 is 10.1 Å². The van der Waals surface area contributed by atoms with Crippen molar-refractivity contribution in [3.63, 3.8) is 0 Å². The van der Waals surface area contributed by atoms with E-state index in [1.54, 1.807) is 36.3 Å². The zero-order valence-corrected chi connectivity index (χ0v) is 22.9. The summed E-state index contributed by atoms with van der Waals surface area (Å²) in [5, 5.41) is 7.87. The quantitative estimate of drug-likeness (QED) is 0.277. The molecule has 6 rings (SSSR count). The molecule has 0 unspecified atom stereocenters. The number of para-hydroxylation sites is 2. The van der Waals surface area contributed by atoms with E-state index in [1.807, 2.05) is 84.5 Å². The van der Waals surface area contributed by atoms with Gasteiger partial charge in [-0.2, -0.15) is 5.10 Å². The standard InChI is InChI=1S/C32H29N5O4/c1-21-26-20-36(32(39)33-27-16-8-7-15-25(27)31(38)41-3)29(22-11-9-14-24(19-22)40-2)28-17-10-18-35(28)30(26)37(34-21)23-12-5-4-6-13-23/h4-19,29H,20H2,1-3H3,(H,33,39)/t29-/m1/s1. The van der Waals surface area contributed by atoms with E-state index in [-0.39, 0.29) is 18.1 Å². The lowest BCUT2D eigenvalue weighted by molar-refractivity contribution is 0.0602. The first-order chi connectivity index (χ1) is 20.0. The second-order valence-electron chi connectivity index (χ2n) is 9.71. The maximum atomic E-state index is 14.2. The zero-order chi connectivity index (χ0) is 28.5. The average molecular weight is 548 g/mol. The van der Waals surface area contributed by atoms with E-state index < -0.39 is 12.0 Å². The molecule has 0 radical (unpaired) electrons. The molecule has 5 aromatic rings. The van der Waals surface area contributed by atoms with E-state index in [4.69, 9.17) is 14.6 Å². The number of anilines is 1. The van der Waals surface area contributed by atoms with Crippen LogP contribution in [-0.2, 0) is 11.3 Å². The smallest absolute Gasteiger partial charge is 0.339 e. The molecular weight excluding hydrogens is 518 g/mol. The number of rotatable bonds is 5. The Labute approximate surface area is 237 Å². The molecule has 3 aromatic carbocycles. The van der Waals surface area contributed by atoms with Gasteiger partial charge in [0.1, 0.15) is 11.6 Å². The highest BCUT2D eigenvalue weighted by Gasteiger charge is 2.36. The lowest BCUT2D eigenvalue weighted by Crippen LogP contribution is -2.38. The van der Waals surface area contributed by atoms with Crippen LogP contribution in [-0.4, -0.2) is 45.5 Å². The number of carbonyl (C=O) groups excluding carboxylic acids is 2. The summed E-state index contributed by atoms with van der Waals surface area (Å²) in [7, 11) is 2.94. The fraction of sp³-hybridized carbons (Fsp3) is 0.156. The Morgan fingerprint density at radius 1 is 0.927 bits per heavy atom. The molecule has 206 valence electrons. The van der Waals surface area contributed by atoms with Crippen LogP contribution in [0.1, 0.15) is 38.9 Å². The predicted octanol–water partition coefficient (Wildman–Crippen LogP) is 5.90. The van der Waals surface area contributed by atoms with Crippen molar-refractivity contribution in [1.29, 1.82) is 0 Å². The summed E-state index contributed by atoms with van der Waals surface area (Å²) in [6.07, 6.45) is 2.00. The molecule has 9 nitrogen and oxygen atoms in total. The number of aryl methyl sites for hydroxylation is 1. The minimum absolute atomic E-state index is 0.268. The molecule has 1 N–H and O–H groups in total. The molecule has 3 heterocycles. The van der Waals surface area contributed by atoms with Crippen molar-refractivity contribution >= 4 is 17.7 Å². The summed E-state index contributed by atoms with van der Waals surface area (Å²) >= 11 is 0. The fourth-order valence-corrected chi connectivity index (χ4v) is 5.38. The van der Waals surface area contributed by atoms with Crippen molar-refractivity contribution in [3.8, 4) is 17.3 Å². The van der Waals surface area contributed by atoms with E-state index >= 15 is 0 Å². The first kappa shape index (κ1) is 25.9. The van der Waals surface area contributed by atoms with Crippen molar-refractivity contribution < 1.29 is 19.1 Å². The van der Waals surface area contributed by atoms with Gasteiger partial charge in [-0.25, -0.2) is 14.3 Å². The molecular formula is C32H29N5O4. The largest absolute Gasteiger partial charge is 0.497 e. The van der Waals surface area contributed by atoms with Gasteiger partial charge in [0.25, 0.3) is 0 Å². The Balaban J connectivity index is 1.53. The van der Waals surface area contributed by atoms with Crippen molar-refractivity contribution in [2.75, 3.05) is 19.5 Å². The van der Waals surface area contributed by atoms with Gasteiger partial charge in [-0.05, 0) is 61.0 Å². The van der Waals surface area contributed by atoms with Crippen molar-refractivity contribution in [1.82, 2.24) is 19.2 Å². The summed E-state index contributed by atoms with van der Waals surface area (Å²) in [5.74, 6) is 1.02. The van der Waals surface area contributed by atoms with Gasteiger partial charge in [-0.1, -0.05) is 42.5 Å². The molecule has 2 aromatic heterocycles. The van der Waals surface area contributed by atoms with Crippen molar-refractivity contribution in [2.24, 2.45) is 0 Å². The van der Waals surface area contributed by atoms with Crippen LogP contribution in [0.25, 0.3) is 11.5 Å². The van der Waals surface area contributed by atoms with Crippen LogP contribution in [0.15, 0.2) is 97.2 Å². The van der Waals surface area contributed by atoms with Crippen LogP contribution in [0.2, 0.25) is 0 Å². The number of amides is 2. The van der Waals surface area contributed by atoms with Gasteiger partial charge in [0.2, 0.25) is 0 Å². The van der Waals surface area contributed by atoms with Crippen LogP contribution in [0, 0.1) is 6.92 Å². The van der Waals surface area contributed by atoms with Crippen LogP contribution >= 0.6 is 0 Å². The molecule has 9 heteroatoms. The van der Waals surface area contributed by atoms with Crippen LogP contribution in [0.5, 0.6) is 5.75 Å². The number of nitrogens with one attached hydrogen (secondary N) is 1. The van der Waals surface area contributed by atoms with Crippen LogP contribution in [0.4, 0.5) is 10.5 Å². The van der Waals surface area contributed by atoms with Crippen molar-refractivity contribution in [3.05, 3.63) is 125 Å². The summed E-state index contributed by atoms with van der Waals surface area (Å²) in [4.78, 5) is 28.5. The van der Waals surface area contributed by atoms with E-state index in [9.17, 15) is 9.59 Å². The maximum absolute atomic E-state index is 14.2. The molecule has 1 atom stereocenters. The Kier molecular flexibility index (Phi) is 6.76. The van der Waals surface area contributed by atoms with Gasteiger partial charge in [0.05, 0.1) is 55.1 Å². The first-order valence-electron chi connectivity index (χ1n) is 13.2. The predicted molar refractivity (Wildman–Crippen MR) is 155 cm³/mol. The molecule has 2 amide bonds. The van der Waals surface area contributed by atoms with E-state index in [2.05, 4.69) is 9.88 Å². The third-order valence-corrected chi connectivity index (χ3v) is 7.33. The second-order valence-corrected chi connectivity index (χ2v) is 9.71. The number of urea groups is 1. The van der Waals surface area contributed by atoms with E-state index in [1.165, 1.54) is 7.11 Å². The number of benzene rings is 3. The lowest BCUT2D eigenvalue weighted by atomic mass is 10.0. The molecule has 0 spiro atoms. The van der Waals surface area contributed by atoms with Gasteiger partial charge < -0.3 is 24.3 Å². The van der Waals surface area contributed by atoms with E-state index in [0.717, 1.165) is 34.0 Å². The zero-order valence-electron chi connectivity index (χ0n) is 22.9. The number of aromatic nitrogens is 3. The minimum atomic E-state index is -0.530. The lowest BCUT2D eigenvalue weighted by Gasteiger charge is -2.31. The Morgan fingerprint density at radius 3 is 2.49 bits per heavy atom. The number of esters is 1. The van der Waals surface area contributed by atoms with E-state index in [0.29, 0.717) is 11.4 Å². The number of carbonyl (C=O) groups is 2. The van der Waals surface area contributed by atoms with Crippen molar-refractivity contribution in [2.45, 2.75) is 19.5 Å². The molecule has 0 saturated carbocycles. The highest BCUT2D eigenvalue weighted by atomic mass is 16.5. The normalized spacial score (nSPS) is 14.0. The highest BCUT2D eigenvalue weighted by molar-refractivity contribution is 6.01. The Hall–Kier alpha value is -5.31. The third-order valence-electron chi connectivity index (χ3n) is 7.33. The Bertz CT molecular complexity index is 1740. The molecule has 0 bridgehead atoms. The van der Waals surface area contributed by atoms with Gasteiger partial charge in [0, 0.05) is 11.8 Å². The number of nitrogens with zero attached hydrogens (tertiary/aromatic N) is 4. The van der Waals surface area contributed by atoms with Crippen LogP contribution in [0.3, 0.4) is 0 Å². The maximum Gasteiger partial charge on any atom is 0.339 e. The monoisotopic (exact) mass is 547 g/mol.